The third-order valence-electron chi connectivity index (χ3n) is 1.74. The van der Waals surface area contributed by atoms with E-state index < -0.39 is 0 Å². The molecule has 0 radical (unpaired) electrons. The van der Waals surface area contributed by atoms with Crippen LogP contribution in [0.3, 0.4) is 0 Å². The van der Waals surface area contributed by atoms with E-state index in [4.69, 9.17) is 0 Å². The van der Waals surface area contributed by atoms with Crippen LogP contribution in [0.1, 0.15) is 19.8 Å². The van der Waals surface area contributed by atoms with Crippen LogP contribution in [-0.2, 0) is 0 Å². The molecule has 1 atom stereocenters. The molecule has 0 aromatic carbocycles. The second-order valence-electron chi connectivity index (χ2n) is 2.77. The van der Waals surface area contributed by atoms with Crippen molar-refractivity contribution in [2.24, 2.45) is 5.92 Å². The van der Waals surface area contributed by atoms with Gasteiger partial charge in [0.05, 0.1) is 0 Å². The van der Waals surface area contributed by atoms with Gasteiger partial charge in [0.15, 0.2) is 0 Å². The fourth-order valence-corrected chi connectivity index (χ4v) is 1.06. The third kappa shape index (κ3) is 4.77. The Hall–Kier alpha value is -0.0800. The summed E-state index contributed by atoms with van der Waals surface area (Å²) in [5, 5.41) is 6.07. The summed E-state index contributed by atoms with van der Waals surface area (Å²) in [7, 11) is 3.75. The zero-order valence-electron chi connectivity index (χ0n) is 7.41. The van der Waals surface area contributed by atoms with Crippen molar-refractivity contribution in [1.82, 2.24) is 10.6 Å². The van der Waals surface area contributed by atoms with Gasteiger partial charge in [0.2, 0.25) is 0 Å². The molecular formula is C8H20N2. The van der Waals surface area contributed by atoms with Crippen molar-refractivity contribution >= 4 is 0 Å². The highest BCUT2D eigenvalue weighted by Gasteiger charge is 2.10. The molecule has 2 heteroatoms. The van der Waals surface area contributed by atoms with Crippen LogP contribution < -0.4 is 10.6 Å². The predicted molar refractivity (Wildman–Crippen MR) is 46.3 cm³/mol. The largest absolute Gasteiger partial charge is 0.323 e. The Morgan fingerprint density at radius 2 is 2.10 bits per heavy atom. The molecule has 0 spiro atoms. The maximum Gasteiger partial charge on any atom is -0.00201 e. The van der Waals surface area contributed by atoms with Crippen molar-refractivity contribution in [2.75, 3.05) is 27.2 Å². The van der Waals surface area contributed by atoms with E-state index in [2.05, 4.69) is 17.6 Å². The molecule has 0 bridgehead atoms. The second-order valence-corrected chi connectivity index (χ2v) is 2.77. The molecule has 1 heterocycles. The van der Waals surface area contributed by atoms with E-state index >= 15 is 0 Å². The molecule has 0 aliphatic carbocycles. The highest BCUT2D eigenvalue weighted by molar-refractivity contribution is 4.68. The molecule has 1 aliphatic heterocycles. The Labute approximate surface area is 64.4 Å². The monoisotopic (exact) mass is 144 g/mol. The van der Waals surface area contributed by atoms with E-state index in [1.165, 1.54) is 25.9 Å². The minimum atomic E-state index is 0.986. The van der Waals surface area contributed by atoms with E-state index in [1.54, 1.807) is 0 Å². The lowest BCUT2D eigenvalue weighted by molar-refractivity contribution is 0.563. The molecule has 1 saturated heterocycles. The van der Waals surface area contributed by atoms with Gasteiger partial charge in [0.1, 0.15) is 0 Å². The fraction of sp³-hybridized carbons (Fsp3) is 1.00. The summed E-state index contributed by atoms with van der Waals surface area (Å²) >= 11 is 0. The lowest BCUT2D eigenvalue weighted by atomic mass is 10.1. The van der Waals surface area contributed by atoms with Crippen LogP contribution in [0.5, 0.6) is 0 Å². The molecule has 0 saturated carbocycles. The predicted octanol–water partition coefficient (Wildman–Crippen LogP) is 0.842. The summed E-state index contributed by atoms with van der Waals surface area (Å²) in [6.07, 6.45) is 2.75. The zero-order chi connectivity index (χ0) is 7.82. The zero-order valence-corrected chi connectivity index (χ0v) is 7.41. The SMILES string of the molecule is CC[C@H]1CCNC1.CNC. The first-order valence-electron chi connectivity index (χ1n) is 4.14. The normalized spacial score (nSPS) is 23.7. The van der Waals surface area contributed by atoms with Crippen LogP contribution >= 0.6 is 0 Å². The molecular weight excluding hydrogens is 124 g/mol. The quantitative estimate of drug-likeness (QED) is 0.570. The maximum absolute atomic E-state index is 3.32. The summed E-state index contributed by atoms with van der Waals surface area (Å²) in [5.74, 6) is 0.986. The highest BCUT2D eigenvalue weighted by Crippen LogP contribution is 2.09. The van der Waals surface area contributed by atoms with Gasteiger partial charge in [-0.05, 0) is 39.5 Å². The number of hydrogen-bond acceptors (Lipinski definition) is 2. The van der Waals surface area contributed by atoms with Crippen LogP contribution in [0.15, 0.2) is 0 Å². The Morgan fingerprint density at radius 3 is 2.30 bits per heavy atom. The lowest BCUT2D eigenvalue weighted by Crippen LogP contribution is -2.07. The minimum Gasteiger partial charge on any atom is -0.323 e. The first-order chi connectivity index (χ1) is 4.85. The Balaban J connectivity index is 0.000000236. The summed E-state index contributed by atoms with van der Waals surface area (Å²) in [6.45, 7) is 4.77. The molecule has 0 aromatic heterocycles. The molecule has 1 aliphatic rings. The van der Waals surface area contributed by atoms with Gasteiger partial charge < -0.3 is 10.6 Å². The first-order valence-corrected chi connectivity index (χ1v) is 4.14. The van der Waals surface area contributed by atoms with Crippen molar-refractivity contribution in [3.8, 4) is 0 Å². The lowest BCUT2D eigenvalue weighted by Gasteiger charge is -1.98. The van der Waals surface area contributed by atoms with Crippen LogP contribution in [0.4, 0.5) is 0 Å². The summed E-state index contributed by atoms with van der Waals surface area (Å²) in [4.78, 5) is 0. The van der Waals surface area contributed by atoms with Gasteiger partial charge in [-0.1, -0.05) is 13.3 Å². The van der Waals surface area contributed by atoms with E-state index in [1.807, 2.05) is 14.1 Å². The van der Waals surface area contributed by atoms with Gasteiger partial charge in [-0.25, -0.2) is 0 Å². The Bertz CT molecular complexity index is 58.3. The van der Waals surface area contributed by atoms with Crippen molar-refractivity contribution < 1.29 is 0 Å². The van der Waals surface area contributed by atoms with Gasteiger partial charge in [-0.15, -0.1) is 0 Å². The second kappa shape index (κ2) is 7.03. The molecule has 1 fully saturated rings. The van der Waals surface area contributed by atoms with Gasteiger partial charge in [-0.3, -0.25) is 0 Å². The van der Waals surface area contributed by atoms with Crippen LogP contribution in [0.25, 0.3) is 0 Å². The number of nitrogens with one attached hydrogen (secondary N) is 2. The smallest absolute Gasteiger partial charge is 0.00201 e. The average molecular weight is 144 g/mol. The molecule has 1 rings (SSSR count). The van der Waals surface area contributed by atoms with Gasteiger partial charge in [-0.2, -0.15) is 0 Å². The molecule has 2 N–H and O–H groups in total. The van der Waals surface area contributed by atoms with Gasteiger partial charge >= 0.3 is 0 Å². The van der Waals surface area contributed by atoms with E-state index in [-0.39, 0.29) is 0 Å². The third-order valence-corrected chi connectivity index (χ3v) is 1.74. The first kappa shape index (κ1) is 9.92. The van der Waals surface area contributed by atoms with Crippen LogP contribution in [0.2, 0.25) is 0 Å². The molecule has 0 unspecified atom stereocenters. The molecule has 0 amide bonds. The van der Waals surface area contributed by atoms with Crippen molar-refractivity contribution in [3.05, 3.63) is 0 Å². The summed E-state index contributed by atoms with van der Waals surface area (Å²) < 4.78 is 0. The van der Waals surface area contributed by atoms with Crippen molar-refractivity contribution in [3.63, 3.8) is 0 Å². The maximum atomic E-state index is 3.32. The minimum absolute atomic E-state index is 0.986. The topological polar surface area (TPSA) is 24.1 Å². The Kier molecular flexibility index (Phi) is 6.98. The average Bonchev–Trinajstić information content (AvgIpc) is 2.39. The van der Waals surface area contributed by atoms with Gasteiger partial charge in [0, 0.05) is 0 Å². The van der Waals surface area contributed by atoms with E-state index in [9.17, 15) is 0 Å². The van der Waals surface area contributed by atoms with Crippen LogP contribution in [-0.4, -0.2) is 27.2 Å². The fourth-order valence-electron chi connectivity index (χ4n) is 1.06. The summed E-state index contributed by atoms with van der Waals surface area (Å²) in [6, 6.07) is 0. The van der Waals surface area contributed by atoms with E-state index in [0.717, 1.165) is 5.92 Å². The number of rotatable bonds is 1. The molecule has 2 nitrogen and oxygen atoms in total. The Morgan fingerprint density at radius 1 is 1.50 bits per heavy atom. The van der Waals surface area contributed by atoms with E-state index in [0.29, 0.717) is 0 Å². The summed E-state index contributed by atoms with van der Waals surface area (Å²) in [5.41, 5.74) is 0. The van der Waals surface area contributed by atoms with Crippen molar-refractivity contribution in [2.45, 2.75) is 19.8 Å². The molecule has 10 heavy (non-hydrogen) atoms. The standard InChI is InChI=1S/C6H13N.C2H7N/c1-2-6-3-4-7-5-6;1-3-2/h6-7H,2-5H2,1H3;3H,1-2H3/t6-;/m0./s1. The van der Waals surface area contributed by atoms with Crippen LogP contribution in [0, 0.1) is 5.92 Å². The van der Waals surface area contributed by atoms with Crippen molar-refractivity contribution in [1.29, 1.82) is 0 Å². The number of hydrogen-bond donors (Lipinski definition) is 2. The van der Waals surface area contributed by atoms with Gasteiger partial charge in [0.25, 0.3) is 0 Å². The molecule has 0 aromatic rings. The highest BCUT2D eigenvalue weighted by atomic mass is 14.9. The molecule has 62 valence electrons.